The number of rotatable bonds is 12. The second-order valence-electron chi connectivity index (χ2n) is 10.9. The second-order valence-corrected chi connectivity index (χ2v) is 10.9. The molecule has 0 aliphatic heterocycles. The third-order valence-corrected chi connectivity index (χ3v) is 8.16. The Morgan fingerprint density at radius 3 is 2.11 bits per heavy atom. The summed E-state index contributed by atoms with van der Waals surface area (Å²) in [4.78, 5) is 13.0. The maximum Gasteiger partial charge on any atom is 0.314 e. The highest BCUT2D eigenvalue weighted by Crippen LogP contribution is 2.38. The molecule has 2 nitrogen and oxygen atoms in total. The van der Waals surface area contributed by atoms with Crippen LogP contribution in [0.3, 0.4) is 0 Å². The molecule has 4 rings (SSSR count). The molecule has 196 valence electrons. The number of aryl methyl sites for hydroxylation is 1. The Bertz CT molecular complexity index is 1060. The van der Waals surface area contributed by atoms with Gasteiger partial charge in [0.25, 0.3) is 0 Å². The number of hydrogen-bond acceptors (Lipinski definition) is 2. The molecule has 0 saturated heterocycles. The van der Waals surface area contributed by atoms with E-state index >= 15 is 0 Å². The predicted octanol–water partition coefficient (Wildman–Crippen LogP) is 9.77. The maximum absolute atomic E-state index is 13.0. The van der Waals surface area contributed by atoms with Gasteiger partial charge in [0.05, 0.1) is 5.92 Å². The van der Waals surface area contributed by atoms with Crippen molar-refractivity contribution in [2.45, 2.75) is 90.4 Å². The van der Waals surface area contributed by atoms with E-state index in [-0.39, 0.29) is 11.9 Å². The highest BCUT2D eigenvalue weighted by Gasteiger charge is 2.23. The molecule has 0 bridgehead atoms. The third kappa shape index (κ3) is 8.06. The molecule has 1 unspecified atom stereocenters. The van der Waals surface area contributed by atoms with E-state index in [2.05, 4.69) is 74.5 Å². The van der Waals surface area contributed by atoms with E-state index in [4.69, 9.17) is 4.74 Å². The van der Waals surface area contributed by atoms with Crippen LogP contribution in [0.25, 0.3) is 11.1 Å². The molecule has 1 saturated carbocycles. The highest BCUT2D eigenvalue weighted by atomic mass is 16.5. The SMILES string of the molecule is CCCC(CCCc1ccc(-c2ccccc2)cc1)C(=O)Oc1ccc([C@H]2CC[C@H](CCC)CC2)cc1. The van der Waals surface area contributed by atoms with Gasteiger partial charge in [-0.1, -0.05) is 99.8 Å². The molecule has 0 N–H and O–H groups in total. The molecule has 0 radical (unpaired) electrons. The number of hydrogen-bond donors (Lipinski definition) is 0. The lowest BCUT2D eigenvalue weighted by Crippen LogP contribution is -2.21. The Labute approximate surface area is 224 Å². The molecule has 37 heavy (non-hydrogen) atoms. The Morgan fingerprint density at radius 2 is 1.46 bits per heavy atom. The summed E-state index contributed by atoms with van der Waals surface area (Å²) in [6.07, 6.45) is 12.7. The van der Waals surface area contributed by atoms with Gasteiger partial charge >= 0.3 is 5.97 Å². The quantitative estimate of drug-likeness (QED) is 0.184. The van der Waals surface area contributed by atoms with Gasteiger partial charge in [-0.15, -0.1) is 0 Å². The number of benzene rings is 3. The van der Waals surface area contributed by atoms with Crippen molar-refractivity contribution in [2.24, 2.45) is 11.8 Å². The van der Waals surface area contributed by atoms with Gasteiger partial charge in [-0.3, -0.25) is 4.79 Å². The summed E-state index contributed by atoms with van der Waals surface area (Å²) in [5.41, 5.74) is 5.21. The lowest BCUT2D eigenvalue weighted by atomic mass is 9.77. The molecular weight excluding hydrogens is 452 g/mol. The van der Waals surface area contributed by atoms with Crippen LogP contribution < -0.4 is 4.74 Å². The Kier molecular flexibility index (Phi) is 10.4. The number of esters is 1. The van der Waals surface area contributed by atoms with Gasteiger partial charge in [0.15, 0.2) is 0 Å². The van der Waals surface area contributed by atoms with Gasteiger partial charge in [0, 0.05) is 0 Å². The van der Waals surface area contributed by atoms with E-state index in [1.165, 1.54) is 60.8 Å². The standard InChI is InChI=1S/C35H44O2/c1-3-9-27-15-19-31(20-16-27)32-23-25-34(26-24-32)37-35(36)33(10-4-2)14-8-11-28-17-21-30(22-18-28)29-12-6-5-7-13-29/h5-7,12-13,17-18,21-27,31,33H,3-4,8-11,14-16,19-20H2,1-2H3/t27-,31-,33?. The van der Waals surface area contributed by atoms with Crippen LogP contribution in [0.5, 0.6) is 5.75 Å². The van der Waals surface area contributed by atoms with Crippen molar-refractivity contribution in [1.29, 1.82) is 0 Å². The minimum Gasteiger partial charge on any atom is -0.426 e. The summed E-state index contributed by atoms with van der Waals surface area (Å²) in [6, 6.07) is 27.7. The number of carbonyl (C=O) groups excluding carboxylic acids is 1. The van der Waals surface area contributed by atoms with Gasteiger partial charge in [0.2, 0.25) is 0 Å². The average Bonchev–Trinajstić information content (AvgIpc) is 2.94. The molecule has 0 heterocycles. The Hall–Kier alpha value is -2.87. The van der Waals surface area contributed by atoms with E-state index in [1.54, 1.807) is 0 Å². The largest absolute Gasteiger partial charge is 0.426 e. The summed E-state index contributed by atoms with van der Waals surface area (Å²) in [6.45, 7) is 4.44. The van der Waals surface area contributed by atoms with Crippen LogP contribution in [0.2, 0.25) is 0 Å². The number of carbonyl (C=O) groups is 1. The van der Waals surface area contributed by atoms with E-state index in [9.17, 15) is 4.79 Å². The molecule has 0 aromatic heterocycles. The number of ether oxygens (including phenoxy) is 1. The molecule has 0 amide bonds. The van der Waals surface area contributed by atoms with Crippen LogP contribution in [0.4, 0.5) is 0 Å². The van der Waals surface area contributed by atoms with Crippen molar-refractivity contribution in [3.8, 4) is 16.9 Å². The van der Waals surface area contributed by atoms with Crippen molar-refractivity contribution in [3.05, 3.63) is 90.0 Å². The average molecular weight is 497 g/mol. The van der Waals surface area contributed by atoms with Crippen LogP contribution in [-0.2, 0) is 11.2 Å². The summed E-state index contributed by atoms with van der Waals surface area (Å²) < 4.78 is 5.85. The molecule has 1 atom stereocenters. The van der Waals surface area contributed by atoms with Crippen molar-refractivity contribution in [1.82, 2.24) is 0 Å². The van der Waals surface area contributed by atoms with E-state index in [1.807, 2.05) is 18.2 Å². The topological polar surface area (TPSA) is 26.3 Å². The van der Waals surface area contributed by atoms with E-state index in [0.29, 0.717) is 11.7 Å². The lowest BCUT2D eigenvalue weighted by molar-refractivity contribution is -0.139. The molecule has 3 aromatic rings. The fourth-order valence-electron chi connectivity index (χ4n) is 5.98. The summed E-state index contributed by atoms with van der Waals surface area (Å²) in [5.74, 6) is 2.15. The van der Waals surface area contributed by atoms with Gasteiger partial charge in [-0.2, -0.15) is 0 Å². The van der Waals surface area contributed by atoms with Gasteiger partial charge in [-0.25, -0.2) is 0 Å². The van der Waals surface area contributed by atoms with Crippen molar-refractivity contribution >= 4 is 5.97 Å². The smallest absolute Gasteiger partial charge is 0.314 e. The molecule has 2 heteroatoms. The van der Waals surface area contributed by atoms with Crippen LogP contribution in [0.1, 0.15) is 95.1 Å². The molecule has 1 fully saturated rings. The zero-order valence-electron chi connectivity index (χ0n) is 22.8. The third-order valence-electron chi connectivity index (χ3n) is 8.16. The predicted molar refractivity (Wildman–Crippen MR) is 155 cm³/mol. The van der Waals surface area contributed by atoms with Crippen molar-refractivity contribution < 1.29 is 9.53 Å². The molecule has 3 aromatic carbocycles. The zero-order chi connectivity index (χ0) is 25.9. The van der Waals surface area contributed by atoms with Gasteiger partial charge < -0.3 is 4.74 Å². The molecule has 0 spiro atoms. The molecule has 1 aliphatic rings. The summed E-state index contributed by atoms with van der Waals surface area (Å²) >= 11 is 0. The van der Waals surface area contributed by atoms with E-state index in [0.717, 1.165) is 38.0 Å². The lowest BCUT2D eigenvalue weighted by Gasteiger charge is -2.28. The normalized spacial score (nSPS) is 18.3. The van der Waals surface area contributed by atoms with Crippen molar-refractivity contribution in [3.63, 3.8) is 0 Å². The monoisotopic (exact) mass is 496 g/mol. The zero-order valence-corrected chi connectivity index (χ0v) is 22.8. The second kappa shape index (κ2) is 14.2. The van der Waals surface area contributed by atoms with Crippen LogP contribution in [0.15, 0.2) is 78.9 Å². The van der Waals surface area contributed by atoms with Crippen LogP contribution in [0, 0.1) is 11.8 Å². The first-order valence-corrected chi connectivity index (χ1v) is 14.6. The van der Waals surface area contributed by atoms with Gasteiger partial charge in [-0.05, 0) is 97.6 Å². The summed E-state index contributed by atoms with van der Waals surface area (Å²) in [5, 5.41) is 0. The fraction of sp³-hybridized carbons (Fsp3) is 0.457. The Balaban J connectivity index is 1.25. The van der Waals surface area contributed by atoms with E-state index < -0.39 is 0 Å². The fourth-order valence-corrected chi connectivity index (χ4v) is 5.98. The first-order valence-electron chi connectivity index (χ1n) is 14.6. The minimum atomic E-state index is -0.0749. The molecule has 1 aliphatic carbocycles. The first-order chi connectivity index (χ1) is 18.2. The maximum atomic E-state index is 13.0. The first kappa shape index (κ1) is 27.2. The van der Waals surface area contributed by atoms with Crippen molar-refractivity contribution in [2.75, 3.05) is 0 Å². The van der Waals surface area contributed by atoms with Gasteiger partial charge in [0.1, 0.15) is 5.75 Å². The highest BCUT2D eigenvalue weighted by molar-refractivity contribution is 5.75. The molecular formula is C35H44O2. The van der Waals surface area contributed by atoms with Crippen LogP contribution in [-0.4, -0.2) is 5.97 Å². The Morgan fingerprint density at radius 1 is 0.784 bits per heavy atom. The minimum absolute atomic E-state index is 0.0397. The van der Waals surface area contributed by atoms with Crippen LogP contribution >= 0.6 is 0 Å². The summed E-state index contributed by atoms with van der Waals surface area (Å²) in [7, 11) is 0.